The second kappa shape index (κ2) is 5.61. The van der Waals surface area contributed by atoms with Crippen LogP contribution >= 0.6 is 11.6 Å². The van der Waals surface area contributed by atoms with Gasteiger partial charge >= 0.3 is 0 Å². The van der Waals surface area contributed by atoms with Crippen molar-refractivity contribution in [2.75, 3.05) is 19.5 Å². The van der Waals surface area contributed by atoms with E-state index in [9.17, 15) is 9.90 Å². The van der Waals surface area contributed by atoms with Crippen molar-refractivity contribution in [3.05, 3.63) is 29.8 Å². The van der Waals surface area contributed by atoms with E-state index in [1.54, 1.807) is 24.1 Å². The first-order valence-corrected chi connectivity index (χ1v) is 5.25. The predicted octanol–water partition coefficient (Wildman–Crippen LogP) is 1.63. The molecular formula is C11H14ClNO2. The molecule has 0 aromatic heterocycles. The van der Waals surface area contributed by atoms with E-state index in [4.69, 9.17) is 11.6 Å². The Morgan fingerprint density at radius 2 is 2.13 bits per heavy atom. The molecule has 0 heterocycles. The van der Waals surface area contributed by atoms with Crippen LogP contribution in [-0.2, 0) is 11.2 Å². The largest absolute Gasteiger partial charge is 0.508 e. The number of carbonyl (C=O) groups excluding carboxylic acids is 1. The molecule has 1 aromatic rings. The Bertz CT molecular complexity index is 341. The molecule has 82 valence electrons. The number of carbonyl (C=O) groups is 1. The van der Waals surface area contributed by atoms with Gasteiger partial charge < -0.3 is 10.0 Å². The van der Waals surface area contributed by atoms with Gasteiger partial charge in [0.05, 0.1) is 0 Å². The predicted molar refractivity (Wildman–Crippen MR) is 60.2 cm³/mol. The maximum atomic E-state index is 11.1. The van der Waals surface area contributed by atoms with Crippen LogP contribution in [0.5, 0.6) is 5.75 Å². The Hall–Kier alpha value is -1.22. The second-order valence-corrected chi connectivity index (χ2v) is 3.59. The van der Waals surface area contributed by atoms with E-state index in [2.05, 4.69) is 0 Å². The van der Waals surface area contributed by atoms with E-state index in [0.717, 1.165) is 5.56 Å². The Morgan fingerprint density at radius 3 is 2.73 bits per heavy atom. The lowest BCUT2D eigenvalue weighted by molar-refractivity contribution is -0.127. The second-order valence-electron chi connectivity index (χ2n) is 3.33. The number of phenolic OH excluding ortho intramolecular Hbond substituents is 1. The van der Waals surface area contributed by atoms with Crippen molar-refractivity contribution in [1.82, 2.24) is 4.90 Å². The van der Waals surface area contributed by atoms with Gasteiger partial charge in [-0.05, 0) is 18.1 Å². The highest BCUT2D eigenvalue weighted by molar-refractivity contribution is 6.27. The summed E-state index contributed by atoms with van der Waals surface area (Å²) < 4.78 is 0. The Morgan fingerprint density at radius 1 is 1.47 bits per heavy atom. The molecular weight excluding hydrogens is 214 g/mol. The van der Waals surface area contributed by atoms with E-state index in [1.807, 2.05) is 12.1 Å². The molecule has 0 radical (unpaired) electrons. The van der Waals surface area contributed by atoms with Crippen molar-refractivity contribution in [2.45, 2.75) is 6.42 Å². The minimum absolute atomic E-state index is 0.00271. The van der Waals surface area contributed by atoms with Crippen molar-refractivity contribution in [2.24, 2.45) is 0 Å². The normalized spacial score (nSPS) is 10.0. The van der Waals surface area contributed by atoms with Gasteiger partial charge in [-0.25, -0.2) is 0 Å². The monoisotopic (exact) mass is 227 g/mol. The number of aromatic hydroxyl groups is 1. The van der Waals surface area contributed by atoms with Crippen LogP contribution in [0.4, 0.5) is 0 Å². The zero-order chi connectivity index (χ0) is 11.3. The summed E-state index contributed by atoms with van der Waals surface area (Å²) in [5.41, 5.74) is 0.840. The minimum Gasteiger partial charge on any atom is -0.508 e. The van der Waals surface area contributed by atoms with E-state index in [1.165, 1.54) is 0 Å². The van der Waals surface area contributed by atoms with Crippen molar-refractivity contribution < 1.29 is 9.90 Å². The molecule has 3 nitrogen and oxygen atoms in total. The first-order chi connectivity index (χ1) is 7.15. The van der Waals surface area contributed by atoms with Gasteiger partial charge in [-0.2, -0.15) is 0 Å². The summed E-state index contributed by atoms with van der Waals surface area (Å²) in [7, 11) is 1.70. The van der Waals surface area contributed by atoms with Crippen LogP contribution in [-0.4, -0.2) is 35.4 Å². The van der Waals surface area contributed by atoms with Gasteiger partial charge in [0.15, 0.2) is 0 Å². The van der Waals surface area contributed by atoms with Crippen LogP contribution in [0.1, 0.15) is 5.56 Å². The number of rotatable bonds is 4. The Balaban J connectivity index is 2.50. The number of phenols is 1. The fourth-order valence-corrected chi connectivity index (χ4v) is 1.44. The highest BCUT2D eigenvalue weighted by Gasteiger charge is 2.07. The summed E-state index contributed by atoms with van der Waals surface area (Å²) in [6.07, 6.45) is 0.631. The van der Waals surface area contributed by atoms with Crippen molar-refractivity contribution in [1.29, 1.82) is 0 Å². The summed E-state index contributed by atoms with van der Waals surface area (Å²) in [6, 6.07) is 7.11. The van der Waals surface area contributed by atoms with Crippen LogP contribution in [0.3, 0.4) is 0 Å². The van der Waals surface area contributed by atoms with Crippen molar-refractivity contribution in [3.8, 4) is 5.75 Å². The highest BCUT2D eigenvalue weighted by Crippen LogP contribution is 2.16. The zero-order valence-corrected chi connectivity index (χ0v) is 9.37. The molecule has 0 aliphatic carbocycles. The lowest BCUT2D eigenvalue weighted by Crippen LogP contribution is -2.29. The summed E-state index contributed by atoms with van der Waals surface area (Å²) >= 11 is 5.42. The van der Waals surface area contributed by atoms with Gasteiger partial charge in [-0.3, -0.25) is 4.79 Å². The number of amides is 1. The number of alkyl halides is 1. The molecule has 0 fully saturated rings. The average molecular weight is 228 g/mol. The highest BCUT2D eigenvalue weighted by atomic mass is 35.5. The van der Waals surface area contributed by atoms with Gasteiger partial charge in [0, 0.05) is 13.6 Å². The van der Waals surface area contributed by atoms with Crippen LogP contribution in [0.15, 0.2) is 24.3 Å². The molecule has 0 aliphatic rings. The molecule has 0 saturated carbocycles. The molecule has 1 N–H and O–H groups in total. The first-order valence-electron chi connectivity index (χ1n) is 4.72. The number of hydrogen-bond donors (Lipinski definition) is 1. The van der Waals surface area contributed by atoms with Crippen molar-refractivity contribution >= 4 is 17.5 Å². The number of para-hydroxylation sites is 1. The Kier molecular flexibility index (Phi) is 4.43. The smallest absolute Gasteiger partial charge is 0.237 e. The maximum absolute atomic E-state index is 11.1. The number of likely N-dealkylation sites (N-methyl/N-ethyl adjacent to an activating group) is 1. The first kappa shape index (κ1) is 11.9. The SMILES string of the molecule is CN(CCc1ccccc1O)C(=O)CCl. The maximum Gasteiger partial charge on any atom is 0.237 e. The Labute approximate surface area is 94.3 Å². The molecule has 1 amide bonds. The van der Waals surface area contributed by atoms with Gasteiger partial charge in [0.25, 0.3) is 0 Å². The number of nitrogens with zero attached hydrogens (tertiary/aromatic N) is 1. The summed E-state index contributed by atoms with van der Waals surface area (Å²) in [5.74, 6) is 0.161. The minimum atomic E-state index is -0.105. The fraction of sp³-hybridized carbons (Fsp3) is 0.364. The summed E-state index contributed by atoms with van der Waals surface area (Å²) in [5, 5.41) is 9.49. The average Bonchev–Trinajstić information content (AvgIpc) is 2.26. The van der Waals surface area contributed by atoms with Crippen LogP contribution in [0.25, 0.3) is 0 Å². The number of halogens is 1. The summed E-state index contributed by atoms with van der Waals surface area (Å²) in [4.78, 5) is 12.7. The lowest BCUT2D eigenvalue weighted by atomic mass is 10.1. The molecule has 0 saturated heterocycles. The quantitative estimate of drug-likeness (QED) is 0.795. The molecule has 0 atom stereocenters. The van der Waals surface area contributed by atoms with E-state index in [-0.39, 0.29) is 17.5 Å². The lowest BCUT2D eigenvalue weighted by Gasteiger charge is -2.15. The van der Waals surface area contributed by atoms with Crippen LogP contribution < -0.4 is 0 Å². The zero-order valence-electron chi connectivity index (χ0n) is 8.61. The molecule has 0 spiro atoms. The number of hydrogen-bond acceptors (Lipinski definition) is 2. The molecule has 0 aliphatic heterocycles. The standard InChI is InChI=1S/C11H14ClNO2/c1-13(11(15)8-12)7-6-9-4-2-3-5-10(9)14/h2-5,14H,6-8H2,1H3. The van der Waals surface area contributed by atoms with Crippen molar-refractivity contribution in [3.63, 3.8) is 0 Å². The van der Waals surface area contributed by atoms with E-state index in [0.29, 0.717) is 13.0 Å². The van der Waals surface area contributed by atoms with Gasteiger partial charge in [0.1, 0.15) is 11.6 Å². The van der Waals surface area contributed by atoms with E-state index < -0.39 is 0 Å². The number of benzene rings is 1. The fourth-order valence-electron chi connectivity index (χ4n) is 1.24. The molecule has 1 rings (SSSR count). The third-order valence-corrected chi connectivity index (χ3v) is 2.48. The van der Waals surface area contributed by atoms with Gasteiger partial charge in [0.2, 0.25) is 5.91 Å². The molecule has 15 heavy (non-hydrogen) atoms. The third kappa shape index (κ3) is 3.44. The van der Waals surface area contributed by atoms with E-state index >= 15 is 0 Å². The van der Waals surface area contributed by atoms with Gasteiger partial charge in [-0.1, -0.05) is 18.2 Å². The van der Waals surface area contributed by atoms with Gasteiger partial charge in [-0.15, -0.1) is 11.6 Å². The molecule has 0 unspecified atom stereocenters. The van der Waals surface area contributed by atoms with Crippen LogP contribution in [0, 0.1) is 0 Å². The topological polar surface area (TPSA) is 40.5 Å². The third-order valence-electron chi connectivity index (χ3n) is 2.25. The summed E-state index contributed by atoms with van der Waals surface area (Å²) in [6.45, 7) is 0.559. The van der Waals surface area contributed by atoms with Crippen LogP contribution in [0.2, 0.25) is 0 Å². The molecule has 0 bridgehead atoms. The molecule has 4 heteroatoms. The molecule has 1 aromatic carbocycles.